The first kappa shape index (κ1) is 16.9. The molecule has 138 valence electrons. The molecule has 4 rings (SSSR count). The lowest BCUT2D eigenvalue weighted by Gasteiger charge is -2.08. The van der Waals surface area contributed by atoms with Crippen LogP contribution in [0.15, 0.2) is 46.9 Å². The molecule has 0 unspecified atom stereocenters. The Morgan fingerprint density at radius 3 is 2.70 bits per heavy atom. The number of carbonyl (C=O) groups excluding carboxylic acids is 1. The van der Waals surface area contributed by atoms with E-state index < -0.39 is 0 Å². The maximum atomic E-state index is 12.0. The summed E-state index contributed by atoms with van der Waals surface area (Å²) in [6.07, 6.45) is 0. The molecule has 1 aliphatic heterocycles. The van der Waals surface area contributed by atoms with Crippen LogP contribution in [0.1, 0.15) is 11.5 Å². The van der Waals surface area contributed by atoms with E-state index in [0.717, 1.165) is 11.1 Å². The molecule has 1 N–H and O–H groups in total. The molecule has 0 aliphatic carbocycles. The summed E-state index contributed by atoms with van der Waals surface area (Å²) < 4.78 is 21.4. The second-order valence-electron chi connectivity index (χ2n) is 5.90. The molecule has 0 atom stereocenters. The number of nitrogens with one attached hydrogen (secondary N) is 1. The van der Waals surface area contributed by atoms with E-state index in [1.54, 1.807) is 31.2 Å². The molecule has 1 amide bonds. The highest BCUT2D eigenvalue weighted by Crippen LogP contribution is 2.32. The van der Waals surface area contributed by atoms with Gasteiger partial charge in [-0.2, -0.15) is 0 Å². The molecule has 0 bridgehead atoms. The maximum absolute atomic E-state index is 12.0. The lowest BCUT2D eigenvalue weighted by Crippen LogP contribution is -2.28. The zero-order chi connectivity index (χ0) is 18.6. The summed E-state index contributed by atoms with van der Waals surface area (Å²) in [7, 11) is 0. The van der Waals surface area contributed by atoms with Crippen LogP contribution in [0.25, 0.3) is 11.5 Å². The molecule has 3 aromatic rings. The van der Waals surface area contributed by atoms with Crippen molar-refractivity contribution in [1.82, 2.24) is 15.5 Å². The van der Waals surface area contributed by atoms with Gasteiger partial charge in [0.2, 0.25) is 18.6 Å². The van der Waals surface area contributed by atoms with E-state index >= 15 is 0 Å². The lowest BCUT2D eigenvalue weighted by molar-refractivity contribution is -0.123. The summed E-state index contributed by atoms with van der Waals surface area (Å²) >= 11 is 0. The second kappa shape index (κ2) is 7.36. The summed E-state index contributed by atoms with van der Waals surface area (Å²) in [5, 5.41) is 10.6. The van der Waals surface area contributed by atoms with Crippen LogP contribution in [-0.2, 0) is 11.3 Å². The first-order valence-corrected chi connectivity index (χ1v) is 8.36. The average molecular weight is 367 g/mol. The van der Waals surface area contributed by atoms with Crippen LogP contribution in [0.5, 0.6) is 17.2 Å². The minimum atomic E-state index is -0.218. The molecule has 8 nitrogen and oxygen atoms in total. The Kier molecular flexibility index (Phi) is 4.61. The fraction of sp³-hybridized carbons (Fsp3) is 0.211. The first-order chi connectivity index (χ1) is 13.2. The molecule has 1 aromatic heterocycles. The molecule has 0 radical (unpaired) electrons. The highest BCUT2D eigenvalue weighted by molar-refractivity contribution is 5.77. The molecular formula is C19H17N3O5. The summed E-state index contributed by atoms with van der Waals surface area (Å²) in [6, 6.07) is 12.7. The first-order valence-electron chi connectivity index (χ1n) is 8.36. The Morgan fingerprint density at radius 1 is 1.11 bits per heavy atom. The number of hydrogen-bond acceptors (Lipinski definition) is 7. The zero-order valence-electron chi connectivity index (χ0n) is 14.6. The number of rotatable bonds is 6. The van der Waals surface area contributed by atoms with Crippen LogP contribution in [-0.4, -0.2) is 29.5 Å². The van der Waals surface area contributed by atoms with Crippen molar-refractivity contribution in [2.75, 3.05) is 13.4 Å². The van der Waals surface area contributed by atoms with E-state index in [1.807, 2.05) is 18.2 Å². The molecule has 0 spiro atoms. The number of aromatic nitrogens is 2. The van der Waals surface area contributed by atoms with Gasteiger partial charge in [0, 0.05) is 19.0 Å². The summed E-state index contributed by atoms with van der Waals surface area (Å²) in [6.45, 7) is 2.26. The number of benzene rings is 2. The minimum Gasteiger partial charge on any atom is -0.484 e. The van der Waals surface area contributed by atoms with Gasteiger partial charge in [-0.05, 0) is 42.0 Å². The van der Waals surface area contributed by atoms with Crippen molar-refractivity contribution in [2.24, 2.45) is 0 Å². The van der Waals surface area contributed by atoms with Crippen molar-refractivity contribution in [3.8, 4) is 28.7 Å². The molecular weight excluding hydrogens is 350 g/mol. The van der Waals surface area contributed by atoms with Crippen molar-refractivity contribution in [3.63, 3.8) is 0 Å². The van der Waals surface area contributed by atoms with Crippen molar-refractivity contribution < 1.29 is 23.4 Å². The van der Waals surface area contributed by atoms with Gasteiger partial charge in [-0.1, -0.05) is 6.07 Å². The van der Waals surface area contributed by atoms with Crippen LogP contribution in [0.3, 0.4) is 0 Å². The Balaban J connectivity index is 1.26. The van der Waals surface area contributed by atoms with Gasteiger partial charge in [0.15, 0.2) is 18.1 Å². The predicted octanol–water partition coefficient (Wildman–Crippen LogP) is 2.47. The molecule has 8 heteroatoms. The number of nitrogens with zero attached hydrogens (tertiary/aromatic N) is 2. The summed E-state index contributed by atoms with van der Waals surface area (Å²) in [5.74, 6) is 2.71. The molecule has 2 heterocycles. The van der Waals surface area contributed by atoms with E-state index in [0.29, 0.717) is 35.6 Å². The van der Waals surface area contributed by atoms with Gasteiger partial charge in [-0.15, -0.1) is 10.2 Å². The number of fused-ring (bicyclic) bond motifs is 1. The lowest BCUT2D eigenvalue weighted by atomic mass is 10.2. The van der Waals surface area contributed by atoms with Crippen LogP contribution in [0.4, 0.5) is 0 Å². The van der Waals surface area contributed by atoms with Gasteiger partial charge in [0.1, 0.15) is 5.75 Å². The van der Waals surface area contributed by atoms with Gasteiger partial charge >= 0.3 is 0 Å². The normalized spacial score (nSPS) is 12.0. The van der Waals surface area contributed by atoms with Crippen molar-refractivity contribution in [2.45, 2.75) is 13.5 Å². The summed E-state index contributed by atoms with van der Waals surface area (Å²) in [5.41, 5.74) is 1.71. The molecule has 1 aliphatic rings. The molecule has 27 heavy (non-hydrogen) atoms. The molecule has 0 saturated heterocycles. The Morgan fingerprint density at radius 2 is 1.93 bits per heavy atom. The third-order valence-corrected chi connectivity index (χ3v) is 3.92. The monoisotopic (exact) mass is 367 g/mol. The second-order valence-corrected chi connectivity index (χ2v) is 5.90. The SMILES string of the molecule is Cc1nnc(-c2ccc(OCC(=O)NCc3ccc4c(c3)OCO4)cc2)o1. The van der Waals surface area contributed by atoms with Crippen LogP contribution < -0.4 is 19.5 Å². The Bertz CT molecular complexity index is 952. The Hall–Kier alpha value is -3.55. The fourth-order valence-electron chi connectivity index (χ4n) is 2.56. The average Bonchev–Trinajstić information content (AvgIpc) is 3.33. The minimum absolute atomic E-state index is 0.0798. The van der Waals surface area contributed by atoms with E-state index in [2.05, 4.69) is 15.5 Å². The fourth-order valence-corrected chi connectivity index (χ4v) is 2.56. The number of ether oxygens (including phenoxy) is 3. The van der Waals surface area contributed by atoms with Crippen molar-refractivity contribution in [1.29, 1.82) is 0 Å². The van der Waals surface area contributed by atoms with E-state index in [1.165, 1.54) is 0 Å². The number of carbonyl (C=O) groups is 1. The van der Waals surface area contributed by atoms with E-state index in [9.17, 15) is 4.79 Å². The highest BCUT2D eigenvalue weighted by atomic mass is 16.7. The molecule has 2 aromatic carbocycles. The van der Waals surface area contributed by atoms with Gasteiger partial charge in [0.05, 0.1) is 0 Å². The largest absolute Gasteiger partial charge is 0.484 e. The van der Waals surface area contributed by atoms with Crippen molar-refractivity contribution in [3.05, 3.63) is 53.9 Å². The highest BCUT2D eigenvalue weighted by Gasteiger charge is 2.13. The van der Waals surface area contributed by atoms with Gasteiger partial charge in [-0.25, -0.2) is 0 Å². The van der Waals surface area contributed by atoms with Crippen LogP contribution in [0, 0.1) is 6.92 Å². The van der Waals surface area contributed by atoms with Gasteiger partial charge in [-0.3, -0.25) is 4.79 Å². The number of amides is 1. The third kappa shape index (κ3) is 4.00. The van der Waals surface area contributed by atoms with E-state index in [-0.39, 0.29) is 19.3 Å². The van der Waals surface area contributed by atoms with Gasteiger partial charge < -0.3 is 23.9 Å². The van der Waals surface area contributed by atoms with E-state index in [4.69, 9.17) is 18.6 Å². The smallest absolute Gasteiger partial charge is 0.258 e. The molecule has 0 saturated carbocycles. The predicted molar refractivity (Wildman–Crippen MR) is 94.4 cm³/mol. The molecule has 0 fully saturated rings. The quantitative estimate of drug-likeness (QED) is 0.715. The maximum Gasteiger partial charge on any atom is 0.258 e. The van der Waals surface area contributed by atoms with Crippen LogP contribution in [0.2, 0.25) is 0 Å². The van der Waals surface area contributed by atoms with Crippen LogP contribution >= 0.6 is 0 Å². The van der Waals surface area contributed by atoms with Gasteiger partial charge in [0.25, 0.3) is 5.91 Å². The standard InChI is InChI=1S/C19H17N3O5/c1-12-21-22-19(27-12)14-3-5-15(6-4-14)24-10-18(23)20-9-13-2-7-16-17(8-13)26-11-25-16/h2-8H,9-11H2,1H3,(H,20,23). The third-order valence-electron chi connectivity index (χ3n) is 3.92. The number of aryl methyl sites for hydroxylation is 1. The van der Waals surface area contributed by atoms with Crippen molar-refractivity contribution >= 4 is 5.91 Å². The Labute approximate surface area is 155 Å². The number of hydrogen-bond donors (Lipinski definition) is 1. The topological polar surface area (TPSA) is 95.7 Å². The summed E-state index contributed by atoms with van der Waals surface area (Å²) in [4.78, 5) is 12.0. The zero-order valence-corrected chi connectivity index (χ0v) is 14.6.